The van der Waals surface area contributed by atoms with Crippen LogP contribution in [0.15, 0.2) is 83.5 Å². The number of carbonyl (C=O) groups is 1. The summed E-state index contributed by atoms with van der Waals surface area (Å²) in [5, 5.41) is 4.50. The maximum absolute atomic E-state index is 12.5. The molecule has 0 atom stereocenters. The SMILES string of the molecule is CCOc1cc2occ(-c3ccc(Cl)cc3)c2cc1/C(C)=C/C(=O)Nc1ccccc1. The lowest BCUT2D eigenvalue weighted by Gasteiger charge is -2.12. The number of carbonyl (C=O) groups excluding carboxylic acids is 1. The quantitative estimate of drug-likeness (QED) is 0.328. The highest BCUT2D eigenvalue weighted by molar-refractivity contribution is 6.30. The monoisotopic (exact) mass is 431 g/mol. The molecule has 4 nitrogen and oxygen atoms in total. The molecular formula is C26H22ClNO3. The molecule has 0 fully saturated rings. The van der Waals surface area contributed by atoms with Gasteiger partial charge in [0.05, 0.1) is 12.9 Å². The Morgan fingerprint density at radius 1 is 1.10 bits per heavy atom. The standard InChI is InChI=1S/C26H22ClNO3/c1-3-30-24-15-25-22(23(16-31-25)18-9-11-19(27)12-10-18)14-21(24)17(2)13-26(29)28-20-7-5-4-6-8-20/h4-16H,3H2,1-2H3,(H,28,29)/b17-13+. The third kappa shape index (κ3) is 4.65. The van der Waals surface area contributed by atoms with E-state index in [9.17, 15) is 4.79 Å². The van der Waals surface area contributed by atoms with E-state index >= 15 is 0 Å². The van der Waals surface area contributed by atoms with Gasteiger partial charge in [0.2, 0.25) is 5.91 Å². The fourth-order valence-electron chi connectivity index (χ4n) is 3.47. The van der Waals surface area contributed by atoms with Crippen LogP contribution >= 0.6 is 11.6 Å². The van der Waals surface area contributed by atoms with Crippen LogP contribution in [0, 0.1) is 0 Å². The van der Waals surface area contributed by atoms with Gasteiger partial charge in [-0.05, 0) is 55.3 Å². The van der Waals surface area contributed by atoms with Crippen molar-refractivity contribution in [2.75, 3.05) is 11.9 Å². The van der Waals surface area contributed by atoms with Crippen molar-refractivity contribution in [3.8, 4) is 16.9 Å². The lowest BCUT2D eigenvalue weighted by molar-refractivity contribution is -0.111. The van der Waals surface area contributed by atoms with E-state index in [-0.39, 0.29) is 5.91 Å². The Kier molecular flexibility index (Phi) is 6.10. The van der Waals surface area contributed by atoms with E-state index in [1.165, 1.54) is 0 Å². The van der Waals surface area contributed by atoms with Gasteiger partial charge in [-0.3, -0.25) is 4.79 Å². The molecule has 3 aromatic carbocycles. The first kappa shape index (κ1) is 20.8. The van der Waals surface area contributed by atoms with Gasteiger partial charge in [0.25, 0.3) is 0 Å². The number of rotatable bonds is 6. The number of ether oxygens (including phenoxy) is 1. The van der Waals surface area contributed by atoms with Crippen molar-refractivity contribution in [2.45, 2.75) is 13.8 Å². The Balaban J connectivity index is 1.74. The minimum Gasteiger partial charge on any atom is -0.493 e. The maximum Gasteiger partial charge on any atom is 0.248 e. The second-order valence-electron chi connectivity index (χ2n) is 7.12. The van der Waals surface area contributed by atoms with Gasteiger partial charge in [-0.1, -0.05) is 41.9 Å². The van der Waals surface area contributed by atoms with E-state index in [1.807, 2.05) is 80.6 Å². The average molecular weight is 432 g/mol. The summed E-state index contributed by atoms with van der Waals surface area (Å²) >= 11 is 6.03. The largest absolute Gasteiger partial charge is 0.493 e. The molecule has 1 aromatic heterocycles. The number of nitrogens with one attached hydrogen (secondary N) is 1. The number of halogens is 1. The first-order chi connectivity index (χ1) is 15.0. The van der Waals surface area contributed by atoms with E-state index in [0.29, 0.717) is 17.4 Å². The lowest BCUT2D eigenvalue weighted by atomic mass is 9.99. The Hall–Kier alpha value is -3.50. The van der Waals surface area contributed by atoms with Gasteiger partial charge in [-0.25, -0.2) is 0 Å². The van der Waals surface area contributed by atoms with E-state index in [0.717, 1.165) is 38.9 Å². The van der Waals surface area contributed by atoms with Crippen molar-refractivity contribution >= 4 is 39.7 Å². The second-order valence-corrected chi connectivity index (χ2v) is 7.55. The maximum atomic E-state index is 12.5. The van der Waals surface area contributed by atoms with Gasteiger partial charge in [-0.2, -0.15) is 0 Å². The van der Waals surface area contributed by atoms with Crippen molar-refractivity contribution in [2.24, 2.45) is 0 Å². The molecule has 0 aliphatic rings. The number of benzene rings is 3. The van der Waals surface area contributed by atoms with Crippen LogP contribution < -0.4 is 10.1 Å². The fourth-order valence-corrected chi connectivity index (χ4v) is 3.59. The summed E-state index contributed by atoms with van der Waals surface area (Å²) in [7, 11) is 0. The molecular weight excluding hydrogens is 410 g/mol. The first-order valence-corrected chi connectivity index (χ1v) is 10.4. The molecule has 0 bridgehead atoms. The smallest absolute Gasteiger partial charge is 0.248 e. The minimum atomic E-state index is -0.198. The highest BCUT2D eigenvalue weighted by Crippen LogP contribution is 2.37. The average Bonchev–Trinajstić information content (AvgIpc) is 3.17. The second kappa shape index (κ2) is 9.11. The summed E-state index contributed by atoms with van der Waals surface area (Å²) in [5.41, 5.74) is 5.06. The van der Waals surface area contributed by atoms with Crippen molar-refractivity contribution in [3.05, 3.63) is 89.7 Å². The van der Waals surface area contributed by atoms with Crippen molar-refractivity contribution < 1.29 is 13.9 Å². The highest BCUT2D eigenvalue weighted by atomic mass is 35.5. The molecule has 1 amide bonds. The van der Waals surface area contributed by atoms with E-state index < -0.39 is 0 Å². The van der Waals surface area contributed by atoms with Crippen LogP contribution in [0.2, 0.25) is 5.02 Å². The van der Waals surface area contributed by atoms with Gasteiger partial charge in [-0.15, -0.1) is 0 Å². The summed E-state index contributed by atoms with van der Waals surface area (Å²) in [4.78, 5) is 12.5. The lowest BCUT2D eigenvalue weighted by Crippen LogP contribution is -2.08. The molecule has 0 spiro atoms. The molecule has 0 saturated heterocycles. The summed E-state index contributed by atoms with van der Waals surface area (Å²) in [5.74, 6) is 0.477. The Labute approximate surface area is 186 Å². The predicted molar refractivity (Wildman–Crippen MR) is 127 cm³/mol. The van der Waals surface area contributed by atoms with Crippen LogP contribution in [0.1, 0.15) is 19.4 Å². The normalized spacial score (nSPS) is 11.5. The third-order valence-corrected chi connectivity index (χ3v) is 5.20. The van der Waals surface area contributed by atoms with Gasteiger partial charge in [0, 0.05) is 39.4 Å². The molecule has 0 unspecified atom stereocenters. The Morgan fingerprint density at radius 3 is 2.55 bits per heavy atom. The third-order valence-electron chi connectivity index (χ3n) is 4.94. The number of amides is 1. The zero-order valence-corrected chi connectivity index (χ0v) is 18.1. The molecule has 0 aliphatic heterocycles. The molecule has 4 aromatic rings. The van der Waals surface area contributed by atoms with Crippen LogP contribution in [-0.2, 0) is 4.79 Å². The van der Waals surface area contributed by atoms with Crippen LogP contribution in [0.3, 0.4) is 0 Å². The molecule has 1 heterocycles. The van der Waals surface area contributed by atoms with Crippen molar-refractivity contribution in [1.82, 2.24) is 0 Å². The zero-order chi connectivity index (χ0) is 21.8. The molecule has 0 aliphatic carbocycles. The van der Waals surface area contributed by atoms with E-state index in [2.05, 4.69) is 5.32 Å². The molecule has 0 radical (unpaired) electrons. The summed E-state index contributed by atoms with van der Waals surface area (Å²) < 4.78 is 11.7. The molecule has 5 heteroatoms. The molecule has 31 heavy (non-hydrogen) atoms. The van der Waals surface area contributed by atoms with Gasteiger partial charge < -0.3 is 14.5 Å². The number of para-hydroxylation sites is 1. The van der Waals surface area contributed by atoms with Crippen LogP contribution in [0.4, 0.5) is 5.69 Å². The zero-order valence-electron chi connectivity index (χ0n) is 17.3. The Bertz CT molecular complexity index is 1240. The first-order valence-electron chi connectivity index (χ1n) is 10.0. The van der Waals surface area contributed by atoms with Crippen LogP contribution in [0.5, 0.6) is 5.75 Å². The summed E-state index contributed by atoms with van der Waals surface area (Å²) in [6.07, 6.45) is 3.31. The van der Waals surface area contributed by atoms with Gasteiger partial charge >= 0.3 is 0 Å². The number of anilines is 1. The number of allylic oxidation sites excluding steroid dienone is 1. The Morgan fingerprint density at radius 2 is 1.84 bits per heavy atom. The summed E-state index contributed by atoms with van der Waals surface area (Å²) in [6.45, 7) is 4.33. The molecule has 1 N–H and O–H groups in total. The summed E-state index contributed by atoms with van der Waals surface area (Å²) in [6, 6.07) is 20.9. The topological polar surface area (TPSA) is 51.5 Å². The molecule has 156 valence electrons. The van der Waals surface area contributed by atoms with Gasteiger partial charge in [0.1, 0.15) is 11.3 Å². The number of hydrogen-bond acceptors (Lipinski definition) is 3. The number of fused-ring (bicyclic) bond motifs is 1. The van der Waals surface area contributed by atoms with Gasteiger partial charge in [0.15, 0.2) is 0 Å². The van der Waals surface area contributed by atoms with Crippen LogP contribution in [0.25, 0.3) is 27.7 Å². The highest BCUT2D eigenvalue weighted by Gasteiger charge is 2.15. The van der Waals surface area contributed by atoms with Crippen molar-refractivity contribution in [1.29, 1.82) is 0 Å². The number of furan rings is 1. The van der Waals surface area contributed by atoms with Crippen LogP contribution in [-0.4, -0.2) is 12.5 Å². The molecule has 0 saturated carbocycles. The minimum absolute atomic E-state index is 0.198. The molecule has 4 rings (SSSR count). The number of hydrogen-bond donors (Lipinski definition) is 1. The van der Waals surface area contributed by atoms with E-state index in [1.54, 1.807) is 12.3 Å². The van der Waals surface area contributed by atoms with Crippen molar-refractivity contribution in [3.63, 3.8) is 0 Å². The van der Waals surface area contributed by atoms with E-state index in [4.69, 9.17) is 20.8 Å². The fraction of sp³-hybridized carbons (Fsp3) is 0.115. The predicted octanol–water partition coefficient (Wildman–Crippen LogP) is 7.19.